The molecule has 0 heterocycles. The summed E-state index contributed by atoms with van der Waals surface area (Å²) in [6.07, 6.45) is 7.26. The van der Waals surface area contributed by atoms with E-state index in [1.165, 1.54) is 25.7 Å². The fraction of sp³-hybridized carbons (Fsp3) is 0.917. The van der Waals surface area contributed by atoms with Gasteiger partial charge in [-0.05, 0) is 43.4 Å². The quantitative estimate of drug-likeness (QED) is 0.737. The van der Waals surface area contributed by atoms with Gasteiger partial charge in [0.05, 0.1) is 5.92 Å². The van der Waals surface area contributed by atoms with Crippen LogP contribution in [0.3, 0.4) is 0 Å². The molecule has 14 heavy (non-hydrogen) atoms. The summed E-state index contributed by atoms with van der Waals surface area (Å²) in [6.45, 7) is 2.31. The third-order valence-corrected chi connectivity index (χ3v) is 4.31. The summed E-state index contributed by atoms with van der Waals surface area (Å²) in [5.74, 6) is 1.55. The fourth-order valence-electron chi connectivity index (χ4n) is 3.11. The van der Waals surface area contributed by atoms with Crippen LogP contribution in [-0.4, -0.2) is 11.1 Å². The van der Waals surface area contributed by atoms with Crippen molar-refractivity contribution in [1.82, 2.24) is 0 Å². The molecule has 0 amide bonds. The molecule has 0 bridgehead atoms. The zero-order valence-corrected chi connectivity index (χ0v) is 8.91. The standard InChI is InChI=1S/C12H20O2/c1-8-2-4-9(5-3-8)10-6-7-11(10)12(13)14/h8-11H,2-7H2,1H3,(H,13,14). The molecule has 1 N–H and O–H groups in total. The second-order valence-electron chi connectivity index (χ2n) is 5.21. The Bertz CT molecular complexity index is 216. The lowest BCUT2D eigenvalue weighted by Gasteiger charge is -2.42. The van der Waals surface area contributed by atoms with E-state index in [-0.39, 0.29) is 5.92 Å². The van der Waals surface area contributed by atoms with Crippen molar-refractivity contribution in [1.29, 1.82) is 0 Å². The number of carboxylic acids is 1. The number of hydrogen-bond acceptors (Lipinski definition) is 1. The molecule has 0 saturated heterocycles. The van der Waals surface area contributed by atoms with E-state index in [2.05, 4.69) is 6.92 Å². The number of hydrogen-bond donors (Lipinski definition) is 1. The van der Waals surface area contributed by atoms with Crippen molar-refractivity contribution in [3.63, 3.8) is 0 Å². The molecule has 2 aliphatic carbocycles. The van der Waals surface area contributed by atoms with Crippen LogP contribution < -0.4 is 0 Å². The number of rotatable bonds is 2. The zero-order valence-electron chi connectivity index (χ0n) is 8.91. The molecule has 2 unspecified atom stereocenters. The molecule has 2 nitrogen and oxygen atoms in total. The average Bonchev–Trinajstić information content (AvgIpc) is 2.05. The van der Waals surface area contributed by atoms with E-state index in [0.29, 0.717) is 5.92 Å². The molecular weight excluding hydrogens is 176 g/mol. The largest absolute Gasteiger partial charge is 0.481 e. The topological polar surface area (TPSA) is 37.3 Å². The van der Waals surface area contributed by atoms with Crippen LogP contribution in [0.15, 0.2) is 0 Å². The van der Waals surface area contributed by atoms with Crippen molar-refractivity contribution in [3.05, 3.63) is 0 Å². The predicted octanol–water partition coefficient (Wildman–Crippen LogP) is 2.92. The summed E-state index contributed by atoms with van der Waals surface area (Å²) in [7, 11) is 0. The Labute approximate surface area is 85.7 Å². The lowest BCUT2D eigenvalue weighted by Crippen LogP contribution is -2.39. The molecule has 2 atom stereocenters. The van der Waals surface area contributed by atoms with E-state index >= 15 is 0 Å². The number of aliphatic carboxylic acids is 1. The first-order valence-electron chi connectivity index (χ1n) is 5.91. The first-order chi connectivity index (χ1) is 6.68. The second kappa shape index (κ2) is 3.92. The van der Waals surface area contributed by atoms with E-state index in [1.807, 2.05) is 0 Å². The Balaban J connectivity index is 1.87. The van der Waals surface area contributed by atoms with Gasteiger partial charge in [0, 0.05) is 0 Å². The fourth-order valence-corrected chi connectivity index (χ4v) is 3.11. The van der Waals surface area contributed by atoms with Crippen LogP contribution in [0.2, 0.25) is 0 Å². The van der Waals surface area contributed by atoms with Crippen molar-refractivity contribution in [3.8, 4) is 0 Å². The summed E-state index contributed by atoms with van der Waals surface area (Å²) in [5.41, 5.74) is 0. The Morgan fingerprint density at radius 1 is 1.07 bits per heavy atom. The zero-order chi connectivity index (χ0) is 10.1. The van der Waals surface area contributed by atoms with Crippen LogP contribution in [0.5, 0.6) is 0 Å². The third kappa shape index (κ3) is 1.79. The minimum absolute atomic E-state index is 0.00611. The average molecular weight is 196 g/mol. The highest BCUT2D eigenvalue weighted by atomic mass is 16.4. The molecule has 0 aromatic heterocycles. The highest BCUT2D eigenvalue weighted by Gasteiger charge is 2.41. The number of carbonyl (C=O) groups is 1. The Morgan fingerprint density at radius 3 is 2.14 bits per heavy atom. The van der Waals surface area contributed by atoms with Gasteiger partial charge >= 0.3 is 5.97 Å². The van der Waals surface area contributed by atoms with Crippen molar-refractivity contribution in [2.24, 2.45) is 23.7 Å². The van der Waals surface area contributed by atoms with Gasteiger partial charge in [-0.2, -0.15) is 0 Å². The minimum Gasteiger partial charge on any atom is -0.481 e. The van der Waals surface area contributed by atoms with Crippen molar-refractivity contribution >= 4 is 5.97 Å². The van der Waals surface area contributed by atoms with Crippen LogP contribution in [0.25, 0.3) is 0 Å². The van der Waals surface area contributed by atoms with Gasteiger partial charge in [0.15, 0.2) is 0 Å². The van der Waals surface area contributed by atoms with Gasteiger partial charge in [-0.3, -0.25) is 4.79 Å². The van der Waals surface area contributed by atoms with Crippen LogP contribution in [0, 0.1) is 23.7 Å². The predicted molar refractivity (Wildman–Crippen MR) is 55.0 cm³/mol. The third-order valence-electron chi connectivity index (χ3n) is 4.31. The highest BCUT2D eigenvalue weighted by Crippen LogP contribution is 2.46. The molecule has 0 aromatic rings. The van der Waals surface area contributed by atoms with E-state index in [0.717, 1.165) is 24.7 Å². The van der Waals surface area contributed by atoms with E-state index < -0.39 is 5.97 Å². The maximum Gasteiger partial charge on any atom is 0.306 e. The van der Waals surface area contributed by atoms with Crippen molar-refractivity contribution in [2.75, 3.05) is 0 Å². The second-order valence-corrected chi connectivity index (χ2v) is 5.21. The maximum absolute atomic E-state index is 10.9. The SMILES string of the molecule is CC1CCC(C2CCC2C(=O)O)CC1. The van der Waals surface area contributed by atoms with Crippen LogP contribution >= 0.6 is 0 Å². The minimum atomic E-state index is -0.556. The van der Waals surface area contributed by atoms with Gasteiger partial charge in [0.25, 0.3) is 0 Å². The molecular formula is C12H20O2. The van der Waals surface area contributed by atoms with Crippen LogP contribution in [0.1, 0.15) is 45.4 Å². The first kappa shape index (κ1) is 10.0. The molecule has 2 heteroatoms. The summed E-state index contributed by atoms with van der Waals surface area (Å²) in [6, 6.07) is 0. The lowest BCUT2D eigenvalue weighted by molar-refractivity contribution is -0.149. The molecule has 80 valence electrons. The molecule has 2 saturated carbocycles. The molecule has 0 aliphatic heterocycles. The van der Waals surface area contributed by atoms with Gasteiger partial charge in [0.1, 0.15) is 0 Å². The monoisotopic (exact) mass is 196 g/mol. The van der Waals surface area contributed by atoms with E-state index in [1.54, 1.807) is 0 Å². The van der Waals surface area contributed by atoms with Crippen molar-refractivity contribution in [2.45, 2.75) is 45.4 Å². The normalized spacial score (nSPS) is 42.9. The Hall–Kier alpha value is -0.530. The summed E-state index contributed by atoms with van der Waals surface area (Å²) in [5, 5.41) is 8.99. The lowest BCUT2D eigenvalue weighted by atomic mass is 9.62. The molecule has 2 aliphatic rings. The Kier molecular flexibility index (Phi) is 2.80. The van der Waals surface area contributed by atoms with Gasteiger partial charge in [-0.1, -0.05) is 19.8 Å². The van der Waals surface area contributed by atoms with Gasteiger partial charge < -0.3 is 5.11 Å². The molecule has 0 radical (unpaired) electrons. The summed E-state index contributed by atoms with van der Waals surface area (Å²) in [4.78, 5) is 10.9. The van der Waals surface area contributed by atoms with E-state index in [9.17, 15) is 4.79 Å². The van der Waals surface area contributed by atoms with Gasteiger partial charge in [-0.15, -0.1) is 0 Å². The van der Waals surface area contributed by atoms with Crippen LogP contribution in [-0.2, 0) is 4.79 Å². The highest BCUT2D eigenvalue weighted by molar-refractivity contribution is 5.71. The summed E-state index contributed by atoms with van der Waals surface area (Å²) < 4.78 is 0. The molecule has 2 rings (SSSR count). The van der Waals surface area contributed by atoms with Crippen LogP contribution in [0.4, 0.5) is 0 Å². The molecule has 2 fully saturated rings. The van der Waals surface area contributed by atoms with Crippen molar-refractivity contribution < 1.29 is 9.90 Å². The molecule has 0 aromatic carbocycles. The smallest absolute Gasteiger partial charge is 0.306 e. The Morgan fingerprint density at radius 2 is 1.71 bits per heavy atom. The van der Waals surface area contributed by atoms with Gasteiger partial charge in [-0.25, -0.2) is 0 Å². The summed E-state index contributed by atoms with van der Waals surface area (Å²) >= 11 is 0. The molecule has 0 spiro atoms. The maximum atomic E-state index is 10.9. The van der Waals surface area contributed by atoms with Gasteiger partial charge in [0.2, 0.25) is 0 Å². The van der Waals surface area contributed by atoms with E-state index in [4.69, 9.17) is 5.11 Å². The first-order valence-corrected chi connectivity index (χ1v) is 5.91. The number of carboxylic acid groups (broad SMARTS) is 1.